The van der Waals surface area contributed by atoms with Crippen LogP contribution in [0, 0.1) is 5.92 Å². The lowest BCUT2D eigenvalue weighted by Gasteiger charge is -2.27. The van der Waals surface area contributed by atoms with Gasteiger partial charge in [-0.1, -0.05) is 0 Å². The number of amides is 1. The monoisotopic (exact) mass is 292 g/mol. The fourth-order valence-corrected chi connectivity index (χ4v) is 4.11. The van der Waals surface area contributed by atoms with Crippen LogP contribution in [0.4, 0.5) is 0 Å². The summed E-state index contributed by atoms with van der Waals surface area (Å²) in [4.78, 5) is 14.8. The second kappa shape index (κ2) is 4.55. The van der Waals surface area contributed by atoms with Gasteiger partial charge in [0.15, 0.2) is 0 Å². The molecule has 4 nitrogen and oxygen atoms in total. The molecule has 3 unspecified atom stereocenters. The third-order valence-electron chi connectivity index (χ3n) is 4.97. The van der Waals surface area contributed by atoms with E-state index in [1.165, 1.54) is 5.56 Å². The summed E-state index contributed by atoms with van der Waals surface area (Å²) in [5.41, 5.74) is 0.980. The van der Waals surface area contributed by atoms with Gasteiger partial charge < -0.3 is 9.64 Å². The van der Waals surface area contributed by atoms with Crippen molar-refractivity contribution in [2.24, 2.45) is 5.92 Å². The van der Waals surface area contributed by atoms with E-state index < -0.39 is 0 Å². The molecule has 20 heavy (non-hydrogen) atoms. The Hall–Kier alpha value is -0.910. The fraction of sp³-hybridized carbons (Fsp3) is 0.667. The number of rotatable bonds is 3. The van der Waals surface area contributed by atoms with Gasteiger partial charge in [0.1, 0.15) is 11.7 Å². The second-order valence-electron chi connectivity index (χ2n) is 6.27. The molecule has 4 rings (SSSR count). The predicted molar refractivity (Wildman–Crippen MR) is 77.4 cm³/mol. The third-order valence-corrected chi connectivity index (χ3v) is 5.67. The minimum Gasteiger partial charge on any atom is -0.378 e. The average Bonchev–Trinajstić information content (AvgIpc) is 2.79. The molecule has 1 N–H and O–H groups in total. The van der Waals surface area contributed by atoms with E-state index in [1.807, 2.05) is 0 Å². The van der Waals surface area contributed by atoms with Crippen molar-refractivity contribution in [1.29, 1.82) is 0 Å². The van der Waals surface area contributed by atoms with Crippen molar-refractivity contribution >= 4 is 17.2 Å². The van der Waals surface area contributed by atoms with E-state index in [0.717, 1.165) is 32.4 Å². The summed E-state index contributed by atoms with van der Waals surface area (Å²) >= 11 is 1.69. The second-order valence-corrected chi connectivity index (χ2v) is 7.05. The highest BCUT2D eigenvalue weighted by molar-refractivity contribution is 7.07. The Morgan fingerprint density at radius 2 is 2.40 bits per heavy atom. The van der Waals surface area contributed by atoms with Crippen molar-refractivity contribution in [1.82, 2.24) is 10.2 Å². The van der Waals surface area contributed by atoms with Crippen LogP contribution in [0.2, 0.25) is 0 Å². The predicted octanol–water partition coefficient (Wildman–Crippen LogP) is 2.14. The first kappa shape index (κ1) is 12.8. The van der Waals surface area contributed by atoms with Crippen molar-refractivity contribution in [3.8, 4) is 0 Å². The molecule has 0 bridgehead atoms. The van der Waals surface area contributed by atoms with Crippen molar-refractivity contribution in [2.75, 3.05) is 13.2 Å². The molecule has 0 aromatic carbocycles. The van der Waals surface area contributed by atoms with Crippen molar-refractivity contribution in [3.05, 3.63) is 22.4 Å². The molecule has 1 aromatic rings. The van der Waals surface area contributed by atoms with Crippen LogP contribution >= 0.6 is 11.3 Å². The summed E-state index contributed by atoms with van der Waals surface area (Å²) in [6.07, 6.45) is 3.36. The van der Waals surface area contributed by atoms with Crippen LogP contribution in [0.15, 0.2) is 16.8 Å². The number of nitrogens with zero attached hydrogens (tertiary/aromatic N) is 1. The molecule has 1 saturated carbocycles. The molecule has 1 aromatic heterocycles. The molecule has 0 radical (unpaired) electrons. The first-order valence-corrected chi connectivity index (χ1v) is 8.36. The third kappa shape index (κ3) is 1.91. The van der Waals surface area contributed by atoms with E-state index in [2.05, 4.69) is 34.0 Å². The zero-order valence-electron chi connectivity index (χ0n) is 11.7. The number of carbonyl (C=O) groups excluding carboxylic acids is 1. The Bertz CT molecular complexity index is 512. The quantitative estimate of drug-likeness (QED) is 0.928. The summed E-state index contributed by atoms with van der Waals surface area (Å²) in [5, 5.41) is 7.80. The number of hydrogen-bond donors (Lipinski definition) is 1. The maximum Gasteiger partial charge on any atom is 0.244 e. The lowest BCUT2D eigenvalue weighted by atomic mass is 10.0. The van der Waals surface area contributed by atoms with Crippen LogP contribution < -0.4 is 5.32 Å². The normalized spacial score (nSPS) is 35.1. The van der Waals surface area contributed by atoms with E-state index in [1.54, 1.807) is 11.3 Å². The molecule has 1 aliphatic carbocycles. The van der Waals surface area contributed by atoms with Crippen molar-refractivity contribution in [2.45, 2.75) is 44.0 Å². The van der Waals surface area contributed by atoms with Gasteiger partial charge >= 0.3 is 0 Å². The van der Waals surface area contributed by atoms with Gasteiger partial charge in [-0.05, 0) is 48.6 Å². The minimum atomic E-state index is -0.241. The van der Waals surface area contributed by atoms with Gasteiger partial charge in [-0.15, -0.1) is 0 Å². The van der Waals surface area contributed by atoms with E-state index >= 15 is 0 Å². The van der Waals surface area contributed by atoms with Crippen LogP contribution in [0.25, 0.3) is 0 Å². The van der Waals surface area contributed by atoms with Crippen molar-refractivity contribution in [3.63, 3.8) is 0 Å². The van der Waals surface area contributed by atoms with Gasteiger partial charge in [0.2, 0.25) is 5.91 Å². The Kier molecular flexibility index (Phi) is 2.91. The first-order chi connectivity index (χ1) is 9.70. The molecule has 108 valence electrons. The lowest BCUT2D eigenvalue weighted by molar-refractivity contribution is -0.131. The van der Waals surface area contributed by atoms with E-state index in [0.29, 0.717) is 11.8 Å². The molecule has 5 heteroatoms. The lowest BCUT2D eigenvalue weighted by Crippen LogP contribution is -2.37. The summed E-state index contributed by atoms with van der Waals surface area (Å²) in [5.74, 6) is 0.767. The van der Waals surface area contributed by atoms with Gasteiger partial charge in [0.25, 0.3) is 0 Å². The SMILES string of the molecule is CC1OCCC1CN1C(=O)C2(CC2)NC1c1ccsc1. The van der Waals surface area contributed by atoms with Gasteiger partial charge in [0.05, 0.1) is 6.10 Å². The summed E-state index contributed by atoms with van der Waals surface area (Å²) < 4.78 is 5.65. The molecule has 1 amide bonds. The van der Waals surface area contributed by atoms with Crippen LogP contribution in [0.5, 0.6) is 0 Å². The fourth-order valence-electron chi connectivity index (χ4n) is 3.43. The maximum atomic E-state index is 12.7. The van der Waals surface area contributed by atoms with E-state index in [-0.39, 0.29) is 17.8 Å². The average molecular weight is 292 g/mol. The summed E-state index contributed by atoms with van der Waals surface area (Å²) in [6, 6.07) is 2.12. The Morgan fingerprint density at radius 3 is 3.00 bits per heavy atom. The Labute approximate surface area is 123 Å². The number of hydrogen-bond acceptors (Lipinski definition) is 4. The largest absolute Gasteiger partial charge is 0.378 e. The summed E-state index contributed by atoms with van der Waals surface area (Å²) in [6.45, 7) is 3.77. The van der Waals surface area contributed by atoms with Crippen LogP contribution in [0.1, 0.15) is 37.9 Å². The molecule has 3 atom stereocenters. The highest BCUT2D eigenvalue weighted by Crippen LogP contribution is 2.46. The topological polar surface area (TPSA) is 41.6 Å². The van der Waals surface area contributed by atoms with Crippen LogP contribution in [-0.4, -0.2) is 35.6 Å². The smallest absolute Gasteiger partial charge is 0.244 e. The van der Waals surface area contributed by atoms with E-state index in [9.17, 15) is 4.79 Å². The Balaban J connectivity index is 1.59. The number of ether oxygens (including phenoxy) is 1. The molecular formula is C15H20N2O2S. The molecule has 3 heterocycles. The van der Waals surface area contributed by atoms with Gasteiger partial charge in [-0.2, -0.15) is 11.3 Å². The molecule has 2 aliphatic heterocycles. The number of nitrogens with one attached hydrogen (secondary N) is 1. The maximum absolute atomic E-state index is 12.7. The highest BCUT2D eigenvalue weighted by Gasteiger charge is 2.59. The minimum absolute atomic E-state index is 0.0593. The highest BCUT2D eigenvalue weighted by atomic mass is 32.1. The molecule has 3 aliphatic rings. The summed E-state index contributed by atoms with van der Waals surface area (Å²) in [7, 11) is 0. The van der Waals surface area contributed by atoms with Crippen molar-refractivity contribution < 1.29 is 9.53 Å². The zero-order valence-corrected chi connectivity index (χ0v) is 12.5. The van der Waals surface area contributed by atoms with E-state index in [4.69, 9.17) is 4.74 Å². The molecule has 3 fully saturated rings. The molecule has 2 saturated heterocycles. The Morgan fingerprint density at radius 1 is 1.55 bits per heavy atom. The van der Waals surface area contributed by atoms with Crippen LogP contribution in [-0.2, 0) is 9.53 Å². The zero-order chi connectivity index (χ0) is 13.7. The van der Waals surface area contributed by atoms with Gasteiger partial charge in [-0.3, -0.25) is 10.1 Å². The number of carbonyl (C=O) groups is 1. The molecular weight excluding hydrogens is 272 g/mol. The number of thiophene rings is 1. The van der Waals surface area contributed by atoms with Crippen LogP contribution in [0.3, 0.4) is 0 Å². The first-order valence-electron chi connectivity index (χ1n) is 7.42. The molecule has 1 spiro atoms. The standard InChI is InChI=1S/C15H20N2O2S/c1-10-11(2-6-19-10)8-17-13(12-3-7-20-9-12)16-15(4-5-15)14(17)18/h3,7,9-11,13,16H,2,4-6,8H2,1H3. The van der Waals surface area contributed by atoms with Gasteiger partial charge in [-0.25, -0.2) is 0 Å². The van der Waals surface area contributed by atoms with Gasteiger partial charge in [0, 0.05) is 19.1 Å².